The zero-order valence-corrected chi connectivity index (χ0v) is 10.6. The van der Waals surface area contributed by atoms with Crippen LogP contribution in [0.15, 0.2) is 24.4 Å². The Hall–Kier alpha value is -1.42. The molecule has 0 radical (unpaired) electrons. The van der Waals surface area contributed by atoms with Gasteiger partial charge in [0.15, 0.2) is 5.65 Å². The number of pyridine rings is 1. The average molecular weight is 232 g/mol. The normalized spacial score (nSPS) is 13.1. The van der Waals surface area contributed by atoms with Crippen LogP contribution in [0.5, 0.6) is 0 Å². The molecule has 17 heavy (non-hydrogen) atoms. The van der Waals surface area contributed by atoms with Crippen molar-refractivity contribution in [2.45, 2.75) is 26.7 Å². The van der Waals surface area contributed by atoms with Crippen molar-refractivity contribution in [1.29, 1.82) is 0 Å². The molecule has 0 amide bonds. The highest BCUT2D eigenvalue weighted by molar-refractivity contribution is 5.36. The summed E-state index contributed by atoms with van der Waals surface area (Å²) in [4.78, 5) is 0. The van der Waals surface area contributed by atoms with Gasteiger partial charge in [-0.15, -0.1) is 10.2 Å². The highest BCUT2D eigenvalue weighted by Crippen LogP contribution is 2.03. The Kier molecular flexibility index (Phi) is 4.09. The second-order valence-electron chi connectivity index (χ2n) is 4.51. The standard InChI is InChI=1S/C13H20N4/c1-3-11(2)10-14-8-7-13-16-15-12-6-4-5-9-17(12)13/h4-6,9,11,14H,3,7-8,10H2,1-2H3/t11-/m1/s1. The fourth-order valence-corrected chi connectivity index (χ4v) is 1.75. The van der Waals surface area contributed by atoms with Gasteiger partial charge in [-0.3, -0.25) is 4.40 Å². The topological polar surface area (TPSA) is 42.2 Å². The van der Waals surface area contributed by atoms with Crippen molar-refractivity contribution in [3.8, 4) is 0 Å². The van der Waals surface area contributed by atoms with E-state index in [0.717, 1.165) is 36.9 Å². The summed E-state index contributed by atoms with van der Waals surface area (Å²) in [6, 6.07) is 5.96. The average Bonchev–Trinajstić information content (AvgIpc) is 2.78. The number of rotatable bonds is 6. The lowest BCUT2D eigenvalue weighted by atomic mass is 10.1. The van der Waals surface area contributed by atoms with E-state index in [2.05, 4.69) is 29.4 Å². The van der Waals surface area contributed by atoms with Gasteiger partial charge in [-0.05, 0) is 24.6 Å². The van der Waals surface area contributed by atoms with Crippen molar-refractivity contribution in [3.05, 3.63) is 30.2 Å². The fraction of sp³-hybridized carbons (Fsp3) is 0.538. The fourth-order valence-electron chi connectivity index (χ4n) is 1.75. The molecule has 2 heterocycles. The predicted octanol–water partition coefficient (Wildman–Crippen LogP) is 1.91. The van der Waals surface area contributed by atoms with Crippen molar-refractivity contribution in [1.82, 2.24) is 19.9 Å². The molecule has 2 aromatic rings. The zero-order chi connectivity index (χ0) is 12.1. The summed E-state index contributed by atoms with van der Waals surface area (Å²) in [5.41, 5.74) is 0.921. The smallest absolute Gasteiger partial charge is 0.160 e. The molecule has 1 atom stereocenters. The SMILES string of the molecule is CC[C@@H](C)CNCCc1nnc2ccccn12. The first kappa shape index (κ1) is 12.0. The zero-order valence-electron chi connectivity index (χ0n) is 10.6. The summed E-state index contributed by atoms with van der Waals surface area (Å²) in [5.74, 6) is 1.77. The van der Waals surface area contributed by atoms with Crippen molar-refractivity contribution < 1.29 is 0 Å². The van der Waals surface area contributed by atoms with Crippen molar-refractivity contribution in [2.24, 2.45) is 5.92 Å². The molecule has 0 spiro atoms. The first-order chi connectivity index (χ1) is 8.31. The van der Waals surface area contributed by atoms with E-state index in [0.29, 0.717) is 0 Å². The maximum absolute atomic E-state index is 4.21. The van der Waals surface area contributed by atoms with E-state index in [1.807, 2.05) is 28.8 Å². The van der Waals surface area contributed by atoms with Crippen LogP contribution >= 0.6 is 0 Å². The monoisotopic (exact) mass is 232 g/mol. The van der Waals surface area contributed by atoms with Crippen LogP contribution in [0, 0.1) is 5.92 Å². The Morgan fingerprint density at radius 1 is 1.35 bits per heavy atom. The van der Waals surface area contributed by atoms with Gasteiger partial charge < -0.3 is 5.32 Å². The Balaban J connectivity index is 1.87. The molecule has 0 aliphatic carbocycles. The molecular weight excluding hydrogens is 212 g/mol. The number of hydrogen-bond acceptors (Lipinski definition) is 3. The molecule has 2 rings (SSSR count). The first-order valence-corrected chi connectivity index (χ1v) is 6.30. The Bertz CT molecular complexity index is 463. The number of fused-ring (bicyclic) bond motifs is 1. The van der Waals surface area contributed by atoms with Gasteiger partial charge >= 0.3 is 0 Å². The minimum atomic E-state index is 0.741. The van der Waals surface area contributed by atoms with Crippen LogP contribution in [-0.4, -0.2) is 27.7 Å². The summed E-state index contributed by atoms with van der Waals surface area (Å²) in [7, 11) is 0. The van der Waals surface area contributed by atoms with E-state index in [-0.39, 0.29) is 0 Å². The minimum absolute atomic E-state index is 0.741. The van der Waals surface area contributed by atoms with Crippen LogP contribution in [0.1, 0.15) is 26.1 Å². The molecule has 2 aromatic heterocycles. The predicted molar refractivity (Wildman–Crippen MR) is 69.0 cm³/mol. The summed E-state index contributed by atoms with van der Waals surface area (Å²) in [5, 5.41) is 11.8. The van der Waals surface area contributed by atoms with Gasteiger partial charge in [-0.2, -0.15) is 0 Å². The minimum Gasteiger partial charge on any atom is -0.316 e. The lowest BCUT2D eigenvalue weighted by Gasteiger charge is -2.09. The molecule has 0 aliphatic rings. The Morgan fingerprint density at radius 2 is 2.24 bits per heavy atom. The second kappa shape index (κ2) is 5.77. The molecule has 0 saturated heterocycles. The van der Waals surface area contributed by atoms with E-state index in [1.54, 1.807) is 0 Å². The third kappa shape index (κ3) is 3.03. The van der Waals surface area contributed by atoms with Crippen molar-refractivity contribution in [3.63, 3.8) is 0 Å². The number of nitrogens with one attached hydrogen (secondary N) is 1. The van der Waals surface area contributed by atoms with Crippen LogP contribution < -0.4 is 5.32 Å². The van der Waals surface area contributed by atoms with E-state index in [9.17, 15) is 0 Å². The third-order valence-corrected chi connectivity index (χ3v) is 3.10. The molecule has 0 bridgehead atoms. The number of nitrogens with zero attached hydrogens (tertiary/aromatic N) is 3. The van der Waals surface area contributed by atoms with E-state index in [4.69, 9.17) is 0 Å². The van der Waals surface area contributed by atoms with Crippen LogP contribution in [0.25, 0.3) is 5.65 Å². The largest absolute Gasteiger partial charge is 0.316 e. The van der Waals surface area contributed by atoms with Gasteiger partial charge in [0.1, 0.15) is 5.82 Å². The van der Waals surface area contributed by atoms with E-state index in [1.165, 1.54) is 6.42 Å². The van der Waals surface area contributed by atoms with Crippen molar-refractivity contribution >= 4 is 5.65 Å². The number of hydrogen-bond donors (Lipinski definition) is 1. The highest BCUT2D eigenvalue weighted by atomic mass is 15.2. The lowest BCUT2D eigenvalue weighted by Crippen LogP contribution is -2.23. The molecule has 0 saturated carbocycles. The first-order valence-electron chi connectivity index (χ1n) is 6.30. The van der Waals surface area contributed by atoms with Gasteiger partial charge in [-0.1, -0.05) is 26.3 Å². The number of aromatic nitrogens is 3. The highest BCUT2D eigenvalue weighted by Gasteiger charge is 2.04. The third-order valence-electron chi connectivity index (χ3n) is 3.10. The molecule has 0 unspecified atom stereocenters. The van der Waals surface area contributed by atoms with Gasteiger partial charge in [0.25, 0.3) is 0 Å². The van der Waals surface area contributed by atoms with Crippen LogP contribution in [-0.2, 0) is 6.42 Å². The quantitative estimate of drug-likeness (QED) is 0.774. The maximum atomic E-state index is 4.21. The Morgan fingerprint density at radius 3 is 3.06 bits per heavy atom. The van der Waals surface area contributed by atoms with Gasteiger partial charge in [0, 0.05) is 19.2 Å². The maximum Gasteiger partial charge on any atom is 0.160 e. The van der Waals surface area contributed by atoms with Gasteiger partial charge in [-0.25, -0.2) is 0 Å². The molecule has 4 nitrogen and oxygen atoms in total. The molecule has 0 fully saturated rings. The molecule has 0 aliphatic heterocycles. The van der Waals surface area contributed by atoms with Gasteiger partial charge in [0.05, 0.1) is 0 Å². The Labute approximate surface area is 102 Å². The molecule has 1 N–H and O–H groups in total. The van der Waals surface area contributed by atoms with Crippen LogP contribution in [0.3, 0.4) is 0 Å². The molecule has 4 heteroatoms. The second-order valence-corrected chi connectivity index (χ2v) is 4.51. The van der Waals surface area contributed by atoms with E-state index >= 15 is 0 Å². The van der Waals surface area contributed by atoms with Crippen LogP contribution in [0.4, 0.5) is 0 Å². The van der Waals surface area contributed by atoms with Crippen LogP contribution in [0.2, 0.25) is 0 Å². The summed E-state index contributed by atoms with van der Waals surface area (Å²) >= 11 is 0. The molecular formula is C13H20N4. The van der Waals surface area contributed by atoms with Gasteiger partial charge in [0.2, 0.25) is 0 Å². The molecule has 0 aromatic carbocycles. The lowest BCUT2D eigenvalue weighted by molar-refractivity contribution is 0.500. The summed E-state index contributed by atoms with van der Waals surface area (Å²) in [6.45, 7) is 6.52. The van der Waals surface area contributed by atoms with E-state index < -0.39 is 0 Å². The summed E-state index contributed by atoms with van der Waals surface area (Å²) < 4.78 is 2.05. The summed E-state index contributed by atoms with van der Waals surface area (Å²) in [6.07, 6.45) is 4.15. The van der Waals surface area contributed by atoms with Crippen molar-refractivity contribution in [2.75, 3.05) is 13.1 Å². The molecule has 92 valence electrons.